The van der Waals surface area contributed by atoms with Gasteiger partial charge in [-0.25, -0.2) is 0 Å². The number of anilines is 2. The van der Waals surface area contributed by atoms with Crippen LogP contribution in [0.15, 0.2) is 35.9 Å². The van der Waals surface area contributed by atoms with Gasteiger partial charge in [-0.2, -0.15) is 45.8 Å². The Morgan fingerprint density at radius 3 is 2.54 bits per heavy atom. The lowest BCUT2D eigenvalue weighted by Gasteiger charge is -2.31. The summed E-state index contributed by atoms with van der Waals surface area (Å²) in [6.07, 6.45) is -6.36. The average molecular weight is 787 g/mol. The number of alkyl halides is 3. The summed E-state index contributed by atoms with van der Waals surface area (Å²) in [5.74, 6) is 0.122. The van der Waals surface area contributed by atoms with Gasteiger partial charge in [0.25, 0.3) is 18.1 Å². The minimum atomic E-state index is -4.70. The molecule has 2 saturated heterocycles. The zero-order valence-electron chi connectivity index (χ0n) is 29.5. The van der Waals surface area contributed by atoms with Crippen molar-refractivity contribution in [3.63, 3.8) is 0 Å². The number of ether oxygens (including phenoxy) is 2. The van der Waals surface area contributed by atoms with Crippen LogP contribution in [0.25, 0.3) is 0 Å². The van der Waals surface area contributed by atoms with Gasteiger partial charge in [-0.15, -0.1) is 0 Å². The minimum Gasteiger partial charge on any atom is -0.467 e. The number of carbonyl (C=O) groups excluding carboxylic acids is 1. The number of benzene rings is 1. The maximum absolute atomic E-state index is 13.9. The molecule has 0 aliphatic carbocycles. The third kappa shape index (κ3) is 8.15. The number of nitrogens with one attached hydrogen (secondary N) is 1. The van der Waals surface area contributed by atoms with Crippen LogP contribution in [0.2, 0.25) is 5.02 Å². The Balaban J connectivity index is 0.000000276. The van der Waals surface area contributed by atoms with Gasteiger partial charge in [-0.05, 0) is 55.9 Å². The minimum absolute atomic E-state index is 0.0265. The van der Waals surface area contributed by atoms with Gasteiger partial charge in [0.05, 0.1) is 48.3 Å². The summed E-state index contributed by atoms with van der Waals surface area (Å²) in [5, 5.41) is 6.63. The zero-order chi connectivity index (χ0) is 39.1. The Kier molecular flexibility index (Phi) is 11.5. The van der Waals surface area contributed by atoms with Gasteiger partial charge in [0, 0.05) is 68.1 Å². The smallest absolute Gasteiger partial charge is 0.418 e. The van der Waals surface area contributed by atoms with Crippen molar-refractivity contribution in [3.8, 4) is 6.01 Å². The highest BCUT2D eigenvalue weighted by Gasteiger charge is 2.41. The highest BCUT2D eigenvalue weighted by atomic mass is 35.5. The van der Waals surface area contributed by atoms with Crippen LogP contribution in [-0.4, -0.2) is 70.4 Å². The molecule has 3 unspecified atom stereocenters. The number of nitrogens with two attached hydrogens (primary N) is 1. The Morgan fingerprint density at radius 1 is 1.13 bits per heavy atom. The fourth-order valence-electron chi connectivity index (χ4n) is 7.60. The van der Waals surface area contributed by atoms with E-state index in [9.17, 15) is 35.5 Å². The van der Waals surface area contributed by atoms with Gasteiger partial charge in [0.1, 0.15) is 5.82 Å². The van der Waals surface area contributed by atoms with Crippen LogP contribution in [0.1, 0.15) is 69.5 Å². The quantitative estimate of drug-likeness (QED) is 0.212. The molecule has 2 fully saturated rings. The van der Waals surface area contributed by atoms with E-state index in [2.05, 4.69) is 20.4 Å². The summed E-state index contributed by atoms with van der Waals surface area (Å²) >= 11 is 5.97. The molecule has 0 saturated carbocycles. The predicted molar refractivity (Wildman–Crippen MR) is 184 cm³/mol. The molecule has 0 spiro atoms. The number of amides is 1. The molecule has 0 radical (unpaired) electrons. The standard InChI is InChI=1S/C25H27ClF3N7O3.C10H11F4N/c1-12-18-10-35(5-4-6-36(18)34-21(12)23(37)31-2)22-15-11-39-19(9-17(15)32-24(33-22)38-3)14-7-13(30)8-16(26)20(14)25(27,28)29;11-9(12)2-6-1-8-3-7(10(13)14)5-15(8)4-6/h7-8,19H,4-6,9-11,30H2,1-3H3,(H,31,37);2,6,8H,1,3-5H2. The summed E-state index contributed by atoms with van der Waals surface area (Å²) in [4.78, 5) is 25.3. The number of carbonyl (C=O) groups is 1. The molecule has 3 N–H and O–H groups in total. The van der Waals surface area contributed by atoms with Crippen LogP contribution in [0, 0.1) is 12.8 Å². The molecule has 11 nitrogen and oxygen atoms in total. The third-order valence-corrected chi connectivity index (χ3v) is 10.4. The molecular formula is C35H38ClF7N8O3. The van der Waals surface area contributed by atoms with Crippen LogP contribution in [0.3, 0.4) is 0 Å². The van der Waals surface area contributed by atoms with Crippen LogP contribution in [0.4, 0.5) is 42.2 Å². The van der Waals surface area contributed by atoms with Gasteiger partial charge < -0.3 is 25.4 Å². The maximum atomic E-state index is 13.9. The molecule has 3 aromatic rings. The summed E-state index contributed by atoms with van der Waals surface area (Å²) in [6.45, 7) is 4.19. The van der Waals surface area contributed by atoms with Gasteiger partial charge in [-0.1, -0.05) is 11.6 Å². The molecule has 4 aliphatic rings. The molecule has 0 bridgehead atoms. The van der Waals surface area contributed by atoms with Crippen molar-refractivity contribution in [2.75, 3.05) is 44.4 Å². The number of aromatic nitrogens is 4. The number of aryl methyl sites for hydroxylation is 1. The topological polar surface area (TPSA) is 124 Å². The van der Waals surface area contributed by atoms with Crippen LogP contribution in [-0.2, 0) is 37.0 Å². The molecule has 19 heteroatoms. The Hall–Kier alpha value is -4.42. The molecule has 4 aliphatic heterocycles. The summed E-state index contributed by atoms with van der Waals surface area (Å²) < 4.78 is 103. The van der Waals surface area contributed by atoms with Crippen molar-refractivity contribution in [3.05, 3.63) is 80.3 Å². The summed E-state index contributed by atoms with van der Waals surface area (Å²) in [5.41, 5.74) is 8.17. The van der Waals surface area contributed by atoms with Crippen LogP contribution in [0.5, 0.6) is 6.01 Å². The fourth-order valence-corrected chi connectivity index (χ4v) is 7.94. The second-order valence-electron chi connectivity index (χ2n) is 13.5. The Labute approximate surface area is 310 Å². The van der Waals surface area contributed by atoms with E-state index in [0.717, 1.165) is 29.8 Å². The maximum Gasteiger partial charge on any atom is 0.418 e. The molecule has 292 valence electrons. The second-order valence-corrected chi connectivity index (χ2v) is 13.9. The average Bonchev–Trinajstić information content (AvgIpc) is 3.71. The lowest BCUT2D eigenvalue weighted by Crippen LogP contribution is -2.29. The van der Waals surface area contributed by atoms with Crippen molar-refractivity contribution < 1.29 is 45.0 Å². The SMILES string of the molecule is CNC(=O)c1nn2c(c1C)CN(c1nc(OC)nc3c1COC(c1cc(N)cc(Cl)c1C(F)(F)F)C3)CCC2.FC(F)=CC1CC2CC(=C(F)F)CN2C1. The first-order valence-corrected chi connectivity index (χ1v) is 17.5. The number of hydrogen-bond donors (Lipinski definition) is 2. The first-order valence-electron chi connectivity index (χ1n) is 17.1. The zero-order valence-corrected chi connectivity index (χ0v) is 30.3. The van der Waals surface area contributed by atoms with Crippen molar-refractivity contribution in [1.82, 2.24) is 30.0 Å². The van der Waals surface area contributed by atoms with Crippen LogP contribution >= 0.6 is 11.6 Å². The van der Waals surface area contributed by atoms with Crippen LogP contribution < -0.4 is 20.7 Å². The van der Waals surface area contributed by atoms with E-state index in [1.165, 1.54) is 13.2 Å². The first-order chi connectivity index (χ1) is 25.6. The van der Waals surface area contributed by atoms with Crippen molar-refractivity contribution in [1.29, 1.82) is 0 Å². The van der Waals surface area contributed by atoms with Crippen molar-refractivity contribution in [2.24, 2.45) is 5.92 Å². The van der Waals surface area contributed by atoms with E-state index in [-0.39, 0.29) is 60.3 Å². The normalized spacial score (nSPS) is 21.0. The fraction of sp³-hybridized carbons (Fsp3) is 0.486. The largest absolute Gasteiger partial charge is 0.467 e. The second kappa shape index (κ2) is 15.7. The van der Waals surface area contributed by atoms with E-state index in [0.29, 0.717) is 61.8 Å². The molecule has 6 heterocycles. The molecule has 2 aromatic heterocycles. The van der Waals surface area contributed by atoms with Gasteiger partial charge in [0.15, 0.2) is 5.69 Å². The predicted octanol–water partition coefficient (Wildman–Crippen LogP) is 6.84. The molecule has 7 rings (SSSR count). The van der Waals surface area contributed by atoms with Gasteiger partial charge >= 0.3 is 12.2 Å². The number of halogens is 8. The summed E-state index contributed by atoms with van der Waals surface area (Å²) in [7, 11) is 2.99. The highest BCUT2D eigenvalue weighted by molar-refractivity contribution is 6.31. The monoisotopic (exact) mass is 786 g/mol. The molecule has 54 heavy (non-hydrogen) atoms. The number of fused-ring (bicyclic) bond motifs is 3. The molecule has 1 amide bonds. The molecular weight excluding hydrogens is 749 g/mol. The van der Waals surface area contributed by atoms with E-state index >= 15 is 0 Å². The van der Waals surface area contributed by atoms with E-state index in [4.69, 9.17) is 26.8 Å². The lowest BCUT2D eigenvalue weighted by atomic mass is 9.94. The van der Waals surface area contributed by atoms with Gasteiger partial charge in [0.2, 0.25) is 0 Å². The molecule has 3 atom stereocenters. The van der Waals surface area contributed by atoms with Gasteiger partial charge in [-0.3, -0.25) is 14.4 Å². The number of rotatable bonds is 5. The van der Waals surface area contributed by atoms with E-state index in [1.807, 2.05) is 21.4 Å². The third-order valence-electron chi connectivity index (χ3n) is 10.1. The van der Waals surface area contributed by atoms with E-state index in [1.54, 1.807) is 7.05 Å². The number of hydrogen-bond acceptors (Lipinski definition) is 9. The summed E-state index contributed by atoms with van der Waals surface area (Å²) in [6, 6.07) is 2.44. The lowest BCUT2D eigenvalue weighted by molar-refractivity contribution is -0.139. The number of nitrogen functional groups attached to an aromatic ring is 1. The Bertz CT molecular complexity index is 1960. The number of nitrogens with zero attached hydrogens (tertiary/aromatic N) is 6. The van der Waals surface area contributed by atoms with Crippen molar-refractivity contribution in [2.45, 2.75) is 70.6 Å². The van der Waals surface area contributed by atoms with E-state index < -0.39 is 35.0 Å². The molecule has 1 aromatic carbocycles. The Morgan fingerprint density at radius 2 is 1.89 bits per heavy atom. The van der Waals surface area contributed by atoms with Crippen molar-refractivity contribution >= 4 is 29.0 Å². The first kappa shape index (κ1) is 39.3. The highest BCUT2D eigenvalue weighted by Crippen LogP contribution is 2.45. The number of methoxy groups -OCH3 is 1.